The van der Waals surface area contributed by atoms with Crippen LogP contribution in [0.4, 0.5) is 16.0 Å². The SMILES string of the molecule is CC(C)(c1ccc(OCc2ccnc(N3CCN(C4CCN(C5CN(c6cc7c(cc6F)C(=O)N(C6CCC(=O)NC6=O)C7=O)C5)CC4)CC3)n2)cc1)c1cc(Cl)c(OCCCl)c(C#N)c1. The van der Waals surface area contributed by atoms with E-state index in [1.165, 1.54) is 6.07 Å². The summed E-state index contributed by atoms with van der Waals surface area (Å²) >= 11 is 12.3. The molecule has 1 atom stereocenters. The summed E-state index contributed by atoms with van der Waals surface area (Å²) < 4.78 is 27.2. The van der Waals surface area contributed by atoms with Gasteiger partial charge in [0.05, 0.1) is 39.0 Å². The predicted octanol–water partition coefficient (Wildman–Crippen LogP) is 5.54. The molecule has 5 aliphatic heterocycles. The quantitative estimate of drug-likeness (QED) is 0.131. The number of carbonyl (C=O) groups is 4. The molecule has 1 aromatic heterocycles. The van der Waals surface area contributed by atoms with Gasteiger partial charge >= 0.3 is 0 Å². The van der Waals surface area contributed by atoms with Crippen LogP contribution in [0.2, 0.25) is 5.02 Å². The van der Waals surface area contributed by atoms with E-state index in [0.29, 0.717) is 47.2 Å². The predicted molar refractivity (Wildman–Crippen MR) is 245 cm³/mol. The first kappa shape index (κ1) is 45.3. The molecule has 6 heterocycles. The van der Waals surface area contributed by atoms with Crippen molar-refractivity contribution in [3.05, 3.63) is 105 Å². The highest BCUT2D eigenvalue weighted by Crippen LogP contribution is 2.39. The number of nitriles is 1. The Morgan fingerprint density at radius 2 is 1.55 bits per heavy atom. The highest BCUT2D eigenvalue weighted by atomic mass is 35.5. The van der Waals surface area contributed by atoms with Crippen molar-refractivity contribution in [2.45, 2.75) is 69.7 Å². The number of carbonyl (C=O) groups excluding carboxylic acids is 4. The number of aromatic nitrogens is 2. The molecule has 0 spiro atoms. The van der Waals surface area contributed by atoms with Crippen LogP contribution in [0.1, 0.15) is 82.6 Å². The number of likely N-dealkylation sites (tertiary alicyclic amines) is 1. The van der Waals surface area contributed by atoms with Gasteiger partial charge in [0.15, 0.2) is 5.75 Å². The molecule has 3 aromatic carbocycles. The van der Waals surface area contributed by atoms with E-state index in [1.807, 2.05) is 47.4 Å². The number of alkyl halides is 1. The third-order valence-electron chi connectivity index (χ3n) is 13.7. The largest absolute Gasteiger partial charge is 0.489 e. The summed E-state index contributed by atoms with van der Waals surface area (Å²) in [5.41, 5.74) is 2.89. The van der Waals surface area contributed by atoms with Crippen molar-refractivity contribution in [2.24, 2.45) is 0 Å². The Kier molecular flexibility index (Phi) is 12.9. The molecular formula is C48H50Cl2FN9O6. The molecule has 0 bridgehead atoms. The van der Waals surface area contributed by atoms with Gasteiger partial charge in [0.25, 0.3) is 11.8 Å². The number of hydrogen-bond donors (Lipinski definition) is 1. The van der Waals surface area contributed by atoms with Gasteiger partial charge in [0.2, 0.25) is 17.8 Å². The molecule has 344 valence electrons. The third-order valence-corrected chi connectivity index (χ3v) is 14.1. The number of benzene rings is 3. The number of imide groups is 2. The van der Waals surface area contributed by atoms with Crippen LogP contribution in [0, 0.1) is 17.1 Å². The number of fused-ring (bicyclic) bond motifs is 1. The van der Waals surface area contributed by atoms with Crippen LogP contribution < -0.4 is 24.6 Å². The fraction of sp³-hybridized carbons (Fsp3) is 0.438. The second-order valence-corrected chi connectivity index (χ2v) is 18.7. The number of piperidine rings is 2. The second-order valence-electron chi connectivity index (χ2n) is 17.9. The molecular weight excluding hydrogens is 888 g/mol. The van der Waals surface area contributed by atoms with E-state index in [0.717, 1.165) is 79.9 Å². The summed E-state index contributed by atoms with van der Waals surface area (Å²) in [6, 6.07) is 17.8. The molecule has 4 fully saturated rings. The van der Waals surface area contributed by atoms with Gasteiger partial charge in [-0.3, -0.25) is 39.2 Å². The topological polar surface area (TPSA) is 165 Å². The minimum atomic E-state index is -1.10. The van der Waals surface area contributed by atoms with Crippen LogP contribution in [0.15, 0.2) is 60.8 Å². The number of rotatable bonds is 13. The van der Waals surface area contributed by atoms with E-state index < -0.39 is 40.9 Å². The molecule has 0 radical (unpaired) electrons. The fourth-order valence-corrected chi connectivity index (χ4v) is 10.1. The zero-order valence-electron chi connectivity index (χ0n) is 36.8. The lowest BCUT2D eigenvalue weighted by Gasteiger charge is -2.50. The number of nitrogens with one attached hydrogen (secondary N) is 1. The van der Waals surface area contributed by atoms with Crippen molar-refractivity contribution in [1.29, 1.82) is 5.26 Å². The lowest BCUT2D eigenvalue weighted by atomic mass is 9.77. The summed E-state index contributed by atoms with van der Waals surface area (Å²) in [6.07, 6.45) is 3.91. The molecule has 4 aromatic rings. The zero-order valence-corrected chi connectivity index (χ0v) is 38.3. The van der Waals surface area contributed by atoms with Crippen molar-refractivity contribution in [3.63, 3.8) is 0 Å². The molecule has 1 N–H and O–H groups in total. The maximum absolute atomic E-state index is 15.4. The van der Waals surface area contributed by atoms with Gasteiger partial charge in [-0.25, -0.2) is 14.4 Å². The smallest absolute Gasteiger partial charge is 0.262 e. The maximum atomic E-state index is 15.4. The maximum Gasteiger partial charge on any atom is 0.262 e. The van der Waals surface area contributed by atoms with Gasteiger partial charge in [0.1, 0.15) is 36.9 Å². The van der Waals surface area contributed by atoms with Crippen LogP contribution in [-0.2, 0) is 21.6 Å². The molecule has 0 saturated carbocycles. The van der Waals surface area contributed by atoms with Crippen molar-refractivity contribution in [2.75, 3.05) is 74.6 Å². The normalized spacial score (nSPS) is 20.0. The van der Waals surface area contributed by atoms with E-state index in [1.54, 1.807) is 6.20 Å². The Hall–Kier alpha value is -5.86. The van der Waals surface area contributed by atoms with Crippen LogP contribution in [-0.4, -0.2) is 131 Å². The molecule has 15 nitrogen and oxygen atoms in total. The number of nitrogens with zero attached hydrogens (tertiary/aromatic N) is 8. The molecule has 9 rings (SSSR count). The van der Waals surface area contributed by atoms with Gasteiger partial charge in [-0.05, 0) is 72.9 Å². The van der Waals surface area contributed by atoms with E-state index in [2.05, 4.69) is 44.9 Å². The second kappa shape index (κ2) is 18.8. The Morgan fingerprint density at radius 3 is 2.23 bits per heavy atom. The number of piperazine rings is 1. The minimum absolute atomic E-state index is 0.0184. The highest BCUT2D eigenvalue weighted by molar-refractivity contribution is 6.32. The van der Waals surface area contributed by atoms with Crippen LogP contribution in [0.3, 0.4) is 0 Å². The first-order chi connectivity index (χ1) is 31.8. The highest BCUT2D eigenvalue weighted by Gasteiger charge is 2.46. The molecule has 4 saturated heterocycles. The zero-order chi connectivity index (χ0) is 46.3. The summed E-state index contributed by atoms with van der Waals surface area (Å²) in [7, 11) is 0. The Morgan fingerprint density at radius 1 is 0.848 bits per heavy atom. The van der Waals surface area contributed by atoms with Gasteiger partial charge < -0.3 is 19.3 Å². The summed E-state index contributed by atoms with van der Waals surface area (Å²) in [5.74, 6) is -1.06. The standard InChI is InChI=1S/C48H50Cl2FN9O6/c1-48(2,31-21-29(25-52)43(38(50)22-31)65-20-12-49)30-3-5-35(6-4-30)66-28-32-9-13-53-47(54-32)58-18-16-57(17-19-58)33-10-14-56(15-11-33)34-26-59(27-34)41-24-37-36(23-39(41)51)45(63)60(46(37)64)40-7-8-42(61)55-44(40)62/h3-6,9,13,21-24,33-34,40H,7-8,10-12,14-20,26-28H2,1-2H3,(H,55,61,62). The fourth-order valence-electron chi connectivity index (χ4n) is 9.74. The average Bonchev–Trinajstić information content (AvgIpc) is 3.54. The number of halogens is 3. The Labute approximate surface area is 392 Å². The molecule has 4 amide bonds. The third kappa shape index (κ3) is 8.89. The summed E-state index contributed by atoms with van der Waals surface area (Å²) in [6.45, 7) is 11.2. The molecule has 5 aliphatic rings. The van der Waals surface area contributed by atoms with Crippen molar-refractivity contribution in [1.82, 2.24) is 30.0 Å². The molecule has 0 aliphatic carbocycles. The van der Waals surface area contributed by atoms with Crippen molar-refractivity contribution < 1.29 is 33.0 Å². The monoisotopic (exact) mass is 937 g/mol. The van der Waals surface area contributed by atoms with Gasteiger partial charge in [0, 0.05) is 82.5 Å². The van der Waals surface area contributed by atoms with Crippen LogP contribution in [0.5, 0.6) is 11.5 Å². The number of hydrogen-bond acceptors (Lipinski definition) is 13. The van der Waals surface area contributed by atoms with Crippen LogP contribution >= 0.6 is 23.2 Å². The van der Waals surface area contributed by atoms with E-state index in [4.69, 9.17) is 37.7 Å². The van der Waals surface area contributed by atoms with Crippen molar-refractivity contribution >= 4 is 58.5 Å². The molecule has 66 heavy (non-hydrogen) atoms. The van der Waals surface area contributed by atoms with Crippen molar-refractivity contribution in [3.8, 4) is 17.6 Å². The molecule has 1 unspecified atom stereocenters. The van der Waals surface area contributed by atoms with Gasteiger partial charge in [-0.1, -0.05) is 37.6 Å². The number of ether oxygens (including phenoxy) is 2. The molecule has 18 heteroatoms. The van der Waals surface area contributed by atoms with Crippen LogP contribution in [0.25, 0.3) is 0 Å². The van der Waals surface area contributed by atoms with Gasteiger partial charge in [-0.15, -0.1) is 11.6 Å². The lowest BCUT2D eigenvalue weighted by molar-refractivity contribution is -0.136. The average molecular weight is 939 g/mol. The first-order valence-electron chi connectivity index (χ1n) is 22.3. The number of amides is 4. The minimum Gasteiger partial charge on any atom is -0.489 e. The Balaban J connectivity index is 0.725. The van der Waals surface area contributed by atoms with E-state index in [9.17, 15) is 24.4 Å². The Bertz CT molecular complexity index is 2590. The van der Waals surface area contributed by atoms with E-state index in [-0.39, 0.29) is 54.8 Å². The lowest BCUT2D eigenvalue weighted by Crippen LogP contribution is -2.62. The van der Waals surface area contributed by atoms with Gasteiger partial charge in [-0.2, -0.15) is 5.26 Å². The summed E-state index contributed by atoms with van der Waals surface area (Å²) in [5, 5.41) is 12.3. The number of anilines is 2. The summed E-state index contributed by atoms with van der Waals surface area (Å²) in [4.78, 5) is 70.0. The first-order valence-corrected chi connectivity index (χ1v) is 23.3. The van der Waals surface area contributed by atoms with E-state index >= 15 is 4.39 Å².